The molecule has 1 amide bonds. The Bertz CT molecular complexity index is 719. The Morgan fingerprint density at radius 1 is 1.25 bits per heavy atom. The van der Waals surface area contributed by atoms with Gasteiger partial charge in [-0.3, -0.25) is 10.1 Å². The summed E-state index contributed by atoms with van der Waals surface area (Å²) in [4.78, 5) is 12.1. The van der Waals surface area contributed by atoms with E-state index < -0.39 is 0 Å². The zero-order valence-corrected chi connectivity index (χ0v) is 15.1. The average Bonchev–Trinajstić information content (AvgIpc) is 2.56. The van der Waals surface area contributed by atoms with E-state index in [0.29, 0.717) is 10.6 Å². The van der Waals surface area contributed by atoms with Gasteiger partial charge in [-0.2, -0.15) is 0 Å². The van der Waals surface area contributed by atoms with E-state index in [1.165, 1.54) is 0 Å². The van der Waals surface area contributed by atoms with Crippen LogP contribution in [0.25, 0.3) is 0 Å². The molecular weight excluding hydrogens is 344 g/mol. The number of thiocarbonyl (C=S) groups is 1. The first-order valence-electron chi connectivity index (χ1n) is 7.62. The third-order valence-electron chi connectivity index (χ3n) is 3.34. The molecule has 126 valence electrons. The smallest absolute Gasteiger partial charge is 0.257 e. The molecule has 0 saturated carbocycles. The molecule has 0 fully saturated rings. The Balaban J connectivity index is 1.91. The molecule has 0 spiro atoms. The lowest BCUT2D eigenvalue weighted by Gasteiger charge is -2.13. The van der Waals surface area contributed by atoms with Crippen molar-refractivity contribution in [3.05, 3.63) is 59.1 Å². The highest BCUT2D eigenvalue weighted by Crippen LogP contribution is 2.17. The van der Waals surface area contributed by atoms with E-state index in [-0.39, 0.29) is 17.1 Å². The minimum atomic E-state index is -0.313. The zero-order valence-electron chi connectivity index (χ0n) is 13.5. The van der Waals surface area contributed by atoms with Crippen molar-refractivity contribution in [2.75, 3.05) is 5.32 Å². The number of hydrogen-bond acceptors (Lipinski definition) is 3. The van der Waals surface area contributed by atoms with Gasteiger partial charge in [-0.1, -0.05) is 24.6 Å². The van der Waals surface area contributed by atoms with Crippen LogP contribution < -0.4 is 15.4 Å². The molecule has 1 unspecified atom stereocenters. The molecule has 0 aliphatic rings. The highest BCUT2D eigenvalue weighted by molar-refractivity contribution is 7.80. The van der Waals surface area contributed by atoms with Crippen LogP contribution in [0.1, 0.15) is 30.6 Å². The van der Waals surface area contributed by atoms with E-state index in [4.69, 9.17) is 28.6 Å². The van der Waals surface area contributed by atoms with Crippen LogP contribution in [0, 0.1) is 0 Å². The summed E-state index contributed by atoms with van der Waals surface area (Å²) in [5, 5.41) is 6.30. The Morgan fingerprint density at radius 3 is 2.58 bits per heavy atom. The van der Waals surface area contributed by atoms with Crippen molar-refractivity contribution < 1.29 is 9.53 Å². The maximum absolute atomic E-state index is 12.1. The second-order valence-corrected chi connectivity index (χ2v) is 6.12. The molecule has 1 atom stereocenters. The van der Waals surface area contributed by atoms with Crippen LogP contribution in [0.5, 0.6) is 5.75 Å². The molecule has 0 aliphatic carbocycles. The largest absolute Gasteiger partial charge is 0.491 e. The number of amides is 1. The molecule has 24 heavy (non-hydrogen) atoms. The van der Waals surface area contributed by atoms with Gasteiger partial charge >= 0.3 is 0 Å². The minimum absolute atomic E-state index is 0.168. The first-order valence-corrected chi connectivity index (χ1v) is 8.41. The summed E-state index contributed by atoms with van der Waals surface area (Å²) in [6, 6.07) is 14.1. The van der Waals surface area contributed by atoms with Gasteiger partial charge in [0.05, 0.1) is 6.10 Å². The van der Waals surface area contributed by atoms with Gasteiger partial charge in [-0.15, -0.1) is 0 Å². The van der Waals surface area contributed by atoms with E-state index in [1.807, 2.05) is 31.2 Å². The van der Waals surface area contributed by atoms with E-state index in [2.05, 4.69) is 17.6 Å². The number of carbonyl (C=O) groups is 1. The first kappa shape index (κ1) is 18.2. The van der Waals surface area contributed by atoms with Crippen molar-refractivity contribution in [1.82, 2.24) is 5.32 Å². The fourth-order valence-electron chi connectivity index (χ4n) is 1.90. The molecule has 0 aliphatic heterocycles. The van der Waals surface area contributed by atoms with Crippen molar-refractivity contribution in [3.63, 3.8) is 0 Å². The van der Waals surface area contributed by atoms with Gasteiger partial charge in [0.2, 0.25) is 0 Å². The van der Waals surface area contributed by atoms with Crippen LogP contribution in [0.2, 0.25) is 5.02 Å². The molecule has 0 aromatic heterocycles. The number of benzene rings is 2. The maximum atomic E-state index is 12.1. The summed E-state index contributed by atoms with van der Waals surface area (Å²) in [7, 11) is 0. The van der Waals surface area contributed by atoms with E-state index in [0.717, 1.165) is 17.9 Å². The fraction of sp³-hybridized carbons (Fsp3) is 0.222. The van der Waals surface area contributed by atoms with Gasteiger partial charge in [-0.05, 0) is 68.0 Å². The number of rotatable bonds is 5. The molecule has 0 radical (unpaired) electrons. The van der Waals surface area contributed by atoms with Crippen LogP contribution in [0.3, 0.4) is 0 Å². The predicted octanol–water partition coefficient (Wildman–Crippen LogP) is 4.64. The van der Waals surface area contributed by atoms with Gasteiger partial charge in [0.15, 0.2) is 5.11 Å². The molecule has 0 saturated heterocycles. The Kier molecular flexibility index (Phi) is 6.58. The van der Waals surface area contributed by atoms with E-state index in [9.17, 15) is 4.79 Å². The quantitative estimate of drug-likeness (QED) is 0.760. The van der Waals surface area contributed by atoms with Crippen molar-refractivity contribution in [1.29, 1.82) is 0 Å². The van der Waals surface area contributed by atoms with Crippen molar-refractivity contribution in [2.45, 2.75) is 26.4 Å². The average molecular weight is 363 g/mol. The number of anilines is 1. The summed E-state index contributed by atoms with van der Waals surface area (Å²) in [6.45, 7) is 4.09. The van der Waals surface area contributed by atoms with Gasteiger partial charge in [-0.25, -0.2) is 0 Å². The Hall–Kier alpha value is -2.11. The lowest BCUT2D eigenvalue weighted by Crippen LogP contribution is -2.34. The van der Waals surface area contributed by atoms with E-state index in [1.54, 1.807) is 24.3 Å². The second kappa shape index (κ2) is 8.66. The molecule has 0 bridgehead atoms. The summed E-state index contributed by atoms with van der Waals surface area (Å²) in [6.07, 6.45) is 1.11. The summed E-state index contributed by atoms with van der Waals surface area (Å²) < 4.78 is 5.71. The molecule has 4 nitrogen and oxygen atoms in total. The fourth-order valence-corrected chi connectivity index (χ4v) is 2.30. The standard InChI is InChI=1S/C18H19ClN2O2S/c1-3-12(2)23-16-9-7-15(8-10-16)20-18(24)21-17(22)13-5-4-6-14(19)11-13/h4-12H,3H2,1-2H3,(H2,20,21,22,24). The number of nitrogens with one attached hydrogen (secondary N) is 2. The normalized spacial score (nSPS) is 11.5. The molecule has 2 N–H and O–H groups in total. The van der Waals surface area contributed by atoms with Crippen molar-refractivity contribution in [2.24, 2.45) is 0 Å². The van der Waals surface area contributed by atoms with Crippen LogP contribution >= 0.6 is 23.8 Å². The molecule has 2 aromatic carbocycles. The van der Waals surface area contributed by atoms with Crippen LogP contribution in [0.15, 0.2) is 48.5 Å². The predicted molar refractivity (Wildman–Crippen MR) is 102 cm³/mol. The molecule has 2 rings (SSSR count). The van der Waals surface area contributed by atoms with Crippen LogP contribution in [-0.4, -0.2) is 17.1 Å². The molecular formula is C18H19ClN2O2S. The molecule has 6 heteroatoms. The van der Waals surface area contributed by atoms with Crippen LogP contribution in [-0.2, 0) is 0 Å². The maximum Gasteiger partial charge on any atom is 0.257 e. The molecule has 2 aromatic rings. The number of ether oxygens (including phenoxy) is 1. The zero-order chi connectivity index (χ0) is 17.5. The van der Waals surface area contributed by atoms with Gasteiger partial charge < -0.3 is 10.1 Å². The minimum Gasteiger partial charge on any atom is -0.491 e. The first-order chi connectivity index (χ1) is 11.5. The third kappa shape index (κ3) is 5.51. The summed E-state index contributed by atoms with van der Waals surface area (Å²) in [5.74, 6) is 0.482. The van der Waals surface area contributed by atoms with Crippen LogP contribution in [0.4, 0.5) is 5.69 Å². The second-order valence-electron chi connectivity index (χ2n) is 5.28. The Labute approximate surface area is 152 Å². The third-order valence-corrected chi connectivity index (χ3v) is 3.78. The number of hydrogen-bond donors (Lipinski definition) is 2. The van der Waals surface area contributed by atoms with Gasteiger partial charge in [0, 0.05) is 16.3 Å². The number of halogens is 1. The van der Waals surface area contributed by atoms with Crippen molar-refractivity contribution in [3.8, 4) is 5.75 Å². The summed E-state index contributed by atoms with van der Waals surface area (Å²) >= 11 is 11.0. The molecule has 0 heterocycles. The highest BCUT2D eigenvalue weighted by Gasteiger charge is 2.08. The highest BCUT2D eigenvalue weighted by atomic mass is 35.5. The monoisotopic (exact) mass is 362 g/mol. The topological polar surface area (TPSA) is 50.4 Å². The van der Waals surface area contributed by atoms with Gasteiger partial charge in [0.1, 0.15) is 5.75 Å². The lowest BCUT2D eigenvalue weighted by molar-refractivity contribution is 0.0977. The lowest BCUT2D eigenvalue weighted by atomic mass is 10.2. The Morgan fingerprint density at radius 2 is 1.96 bits per heavy atom. The number of carbonyl (C=O) groups excluding carboxylic acids is 1. The van der Waals surface area contributed by atoms with E-state index >= 15 is 0 Å². The van der Waals surface area contributed by atoms with Gasteiger partial charge in [0.25, 0.3) is 5.91 Å². The van der Waals surface area contributed by atoms with Crippen molar-refractivity contribution >= 4 is 40.5 Å². The summed E-state index contributed by atoms with van der Waals surface area (Å²) in [5.41, 5.74) is 1.21. The SMILES string of the molecule is CCC(C)Oc1ccc(NC(=S)NC(=O)c2cccc(Cl)c2)cc1.